The summed E-state index contributed by atoms with van der Waals surface area (Å²) < 4.78 is 55.8. The molecule has 0 fully saturated rings. The standard InChI is InChI=1S/C40H48O8Si4.C2H6O/c1-21-33-25-13-26-18-28-15-30-20-32-16-31-19-29-14-27(17-25)35(43-49(5,6)41-33)22(2)37(29)45-51(9,10)47-39(31)24(4)40(32)48-52(11,12)46-38(30)23(3)36(28)44-50(7,8)42-34(21)26;1-2-3/h13-16H,17-20H2,1-12H3;3H,2H2,1H3. The maximum Gasteiger partial charge on any atom is 0.454 e. The Bertz CT molecular complexity index is 1850. The van der Waals surface area contributed by atoms with Crippen LogP contribution in [-0.2, 0) is 25.7 Å². The van der Waals surface area contributed by atoms with Crippen LogP contribution in [0.4, 0.5) is 0 Å². The van der Waals surface area contributed by atoms with Gasteiger partial charge >= 0.3 is 34.2 Å². The molecule has 0 atom stereocenters. The second kappa shape index (κ2) is 12.8. The largest absolute Gasteiger partial charge is 0.511 e. The van der Waals surface area contributed by atoms with Gasteiger partial charge < -0.3 is 40.5 Å². The molecule has 9 rings (SSSR count). The zero-order chi connectivity index (χ0) is 39.6. The molecule has 292 valence electrons. The predicted molar refractivity (Wildman–Crippen MR) is 224 cm³/mol. The van der Waals surface area contributed by atoms with Crippen molar-refractivity contribution in [2.24, 2.45) is 0 Å². The van der Waals surface area contributed by atoms with E-state index in [4.69, 9.17) is 40.5 Å². The van der Waals surface area contributed by atoms with Crippen LogP contribution in [0.5, 0.6) is 46.0 Å². The summed E-state index contributed by atoms with van der Waals surface area (Å²) in [5.74, 6) is 6.91. The van der Waals surface area contributed by atoms with E-state index in [-0.39, 0.29) is 6.61 Å². The molecule has 4 aliphatic heterocycles. The summed E-state index contributed by atoms with van der Waals surface area (Å²) >= 11 is 0. The molecule has 0 saturated heterocycles. The van der Waals surface area contributed by atoms with Crippen LogP contribution in [0.15, 0.2) is 24.3 Å². The highest BCUT2D eigenvalue weighted by Crippen LogP contribution is 2.51. The molecule has 55 heavy (non-hydrogen) atoms. The molecule has 0 spiro atoms. The lowest BCUT2D eigenvalue weighted by molar-refractivity contribution is 0.318. The molecule has 13 heteroatoms. The van der Waals surface area contributed by atoms with Gasteiger partial charge in [-0.1, -0.05) is 0 Å². The highest BCUT2D eigenvalue weighted by Gasteiger charge is 2.43. The van der Waals surface area contributed by atoms with E-state index in [9.17, 15) is 0 Å². The maximum atomic E-state index is 7.57. The van der Waals surface area contributed by atoms with Gasteiger partial charge in [0.05, 0.1) is 0 Å². The summed E-state index contributed by atoms with van der Waals surface area (Å²) in [6.07, 6.45) is 2.61. The van der Waals surface area contributed by atoms with Gasteiger partial charge in [0.25, 0.3) is 0 Å². The third-order valence-corrected chi connectivity index (χ3v) is 16.3. The van der Waals surface area contributed by atoms with E-state index in [1.54, 1.807) is 6.92 Å². The Morgan fingerprint density at radius 1 is 0.364 bits per heavy atom. The molecular formula is C42H54O9Si4. The van der Waals surface area contributed by atoms with Crippen molar-refractivity contribution in [3.05, 3.63) is 91.0 Å². The Morgan fingerprint density at radius 2 is 0.491 bits per heavy atom. The van der Waals surface area contributed by atoms with Crippen LogP contribution >= 0.6 is 0 Å². The summed E-state index contributed by atoms with van der Waals surface area (Å²) in [4.78, 5) is 0. The van der Waals surface area contributed by atoms with Gasteiger partial charge in [-0.2, -0.15) is 0 Å². The van der Waals surface area contributed by atoms with E-state index in [2.05, 4.69) is 104 Å². The molecule has 1 aliphatic carbocycles. The average molecular weight is 815 g/mol. The van der Waals surface area contributed by atoms with Crippen molar-refractivity contribution in [2.75, 3.05) is 6.61 Å². The monoisotopic (exact) mass is 814 g/mol. The second-order valence-corrected chi connectivity index (χ2v) is 30.2. The Hall–Kier alpha value is -3.89. The Balaban J connectivity index is 0.00000138. The third kappa shape index (κ3) is 6.64. The molecule has 0 amide bonds. The zero-order valence-corrected chi connectivity index (χ0v) is 38.6. The minimum absolute atomic E-state index is 0.250. The van der Waals surface area contributed by atoms with Crippen LogP contribution in [0.2, 0.25) is 52.4 Å². The Morgan fingerprint density at radius 3 is 0.618 bits per heavy atom. The maximum absolute atomic E-state index is 7.57. The normalized spacial score (nSPS) is 19.2. The highest BCUT2D eigenvalue weighted by molar-refractivity contribution is 6.67. The van der Waals surface area contributed by atoms with Crippen molar-refractivity contribution in [3.63, 3.8) is 0 Å². The summed E-state index contributed by atoms with van der Waals surface area (Å²) in [5.41, 5.74) is 13.1. The quantitative estimate of drug-likeness (QED) is 0.154. The first-order chi connectivity index (χ1) is 25.7. The molecule has 4 heterocycles. The van der Waals surface area contributed by atoms with Crippen LogP contribution in [0.1, 0.15) is 73.7 Å². The number of rotatable bonds is 0. The molecule has 5 aliphatic rings. The molecule has 9 nitrogen and oxygen atoms in total. The number of benzene rings is 4. The van der Waals surface area contributed by atoms with Gasteiger partial charge in [0, 0.05) is 107 Å². The molecule has 4 aromatic rings. The number of hydrogen-bond acceptors (Lipinski definition) is 9. The minimum atomic E-state index is -2.77. The van der Waals surface area contributed by atoms with Gasteiger partial charge in [-0.15, -0.1) is 0 Å². The lowest BCUT2D eigenvalue weighted by Crippen LogP contribution is -2.46. The lowest BCUT2D eigenvalue weighted by Gasteiger charge is -2.38. The summed E-state index contributed by atoms with van der Waals surface area (Å²) in [6.45, 7) is 27.4. The van der Waals surface area contributed by atoms with E-state index in [0.717, 1.165) is 113 Å². The second-order valence-electron chi connectivity index (χ2n) is 17.4. The van der Waals surface area contributed by atoms with Crippen molar-refractivity contribution in [1.29, 1.82) is 0 Å². The van der Waals surface area contributed by atoms with Crippen molar-refractivity contribution in [2.45, 2.75) is 113 Å². The first-order valence-corrected chi connectivity index (χ1v) is 30.7. The van der Waals surface area contributed by atoms with Gasteiger partial charge in [0.15, 0.2) is 0 Å². The first kappa shape index (κ1) is 38.0. The number of aliphatic hydroxyl groups excluding tert-OH is 1. The fourth-order valence-corrected chi connectivity index (χ4v) is 15.1. The van der Waals surface area contributed by atoms with Gasteiger partial charge in [-0.25, -0.2) is 0 Å². The average Bonchev–Trinajstić information content (AvgIpc) is 3.05. The number of hydrogen-bond donors (Lipinski definition) is 1. The van der Waals surface area contributed by atoms with Crippen LogP contribution < -0.4 is 35.4 Å². The summed E-state index contributed by atoms with van der Waals surface area (Å²) in [6, 6.07) is 9.29. The van der Waals surface area contributed by atoms with E-state index in [1.165, 1.54) is 0 Å². The minimum Gasteiger partial charge on any atom is -0.511 e. The highest BCUT2D eigenvalue weighted by atomic mass is 28.4. The first-order valence-electron chi connectivity index (χ1n) is 19.4. The van der Waals surface area contributed by atoms with Crippen LogP contribution in [0, 0.1) is 27.7 Å². The summed E-state index contributed by atoms with van der Waals surface area (Å²) in [7, 11) is -11.1. The van der Waals surface area contributed by atoms with E-state index < -0.39 is 34.2 Å². The molecule has 0 saturated carbocycles. The molecule has 0 unspecified atom stereocenters. The molecule has 8 bridgehead atoms. The molecule has 4 aromatic carbocycles. The zero-order valence-electron chi connectivity index (χ0n) is 34.6. The Kier molecular flexibility index (Phi) is 8.85. The van der Waals surface area contributed by atoms with Crippen molar-refractivity contribution >= 4 is 34.2 Å². The fourth-order valence-electron chi connectivity index (χ4n) is 8.76. The van der Waals surface area contributed by atoms with Crippen molar-refractivity contribution < 1.29 is 40.5 Å². The molecule has 0 aromatic heterocycles. The predicted octanol–water partition coefficient (Wildman–Crippen LogP) is 9.49. The van der Waals surface area contributed by atoms with E-state index >= 15 is 0 Å². The van der Waals surface area contributed by atoms with E-state index in [1.807, 2.05) is 0 Å². The topological polar surface area (TPSA) is 94.1 Å². The summed E-state index contributed by atoms with van der Waals surface area (Å²) in [5, 5.41) is 7.57. The number of aliphatic hydroxyl groups is 1. The molecule has 1 N–H and O–H groups in total. The van der Waals surface area contributed by atoms with Crippen LogP contribution in [0.25, 0.3) is 0 Å². The third-order valence-electron chi connectivity index (χ3n) is 10.8. The molecular weight excluding hydrogens is 761 g/mol. The van der Waals surface area contributed by atoms with E-state index in [0.29, 0.717) is 25.7 Å². The van der Waals surface area contributed by atoms with Gasteiger partial charge in [-0.3, -0.25) is 0 Å². The van der Waals surface area contributed by atoms with Gasteiger partial charge in [-0.05, 0) is 103 Å². The van der Waals surface area contributed by atoms with Crippen LogP contribution in [-0.4, -0.2) is 46.0 Å². The molecule has 0 radical (unpaired) electrons. The van der Waals surface area contributed by atoms with Crippen molar-refractivity contribution in [3.8, 4) is 46.0 Å². The smallest absolute Gasteiger partial charge is 0.454 e. The lowest BCUT2D eigenvalue weighted by atomic mass is 9.88. The van der Waals surface area contributed by atoms with Gasteiger partial charge in [0.1, 0.15) is 46.0 Å². The Labute approximate surface area is 329 Å². The van der Waals surface area contributed by atoms with Crippen LogP contribution in [0.3, 0.4) is 0 Å². The SMILES string of the molecule is CCO.Cc1c2c3cc4c1O[Si](C)(C)Oc1c(cc5c(c1C)O[Si](C)(C)Oc1c(cc6c(c1C)O[Si](C)(C)Oc1c(cc(c(c1C)O[Si](C)(C)O2)C3)C6)C5)C4. The fraction of sp³-hybridized carbons (Fsp3) is 0.429. The van der Waals surface area contributed by atoms with Crippen molar-refractivity contribution in [1.82, 2.24) is 0 Å². The van der Waals surface area contributed by atoms with Gasteiger partial charge in [0.2, 0.25) is 0 Å².